The first-order valence-corrected chi connectivity index (χ1v) is 5.54. The first kappa shape index (κ1) is 13.5. The van der Waals surface area contributed by atoms with Gasteiger partial charge in [0.2, 0.25) is 0 Å². The number of carbonyl (C=O) groups is 1. The molecule has 0 saturated heterocycles. The molecule has 0 aliphatic heterocycles. The van der Waals surface area contributed by atoms with Crippen LogP contribution in [0, 0.1) is 5.92 Å². The molecule has 1 aromatic rings. The normalized spacial score (nSPS) is 12.0. The van der Waals surface area contributed by atoms with Gasteiger partial charge in [0.25, 0.3) is 0 Å². The molecule has 1 rings (SSSR count). The number of Topliss-reactive ketones (excluding diaryl/α,β-unsaturated/α-hetero) is 1. The molecule has 0 radical (unpaired) electrons. The van der Waals surface area contributed by atoms with Gasteiger partial charge in [0.05, 0.1) is 19.8 Å². The number of ketones is 1. The van der Waals surface area contributed by atoms with Crippen LogP contribution in [0.2, 0.25) is 0 Å². The van der Waals surface area contributed by atoms with Gasteiger partial charge in [-0.2, -0.15) is 0 Å². The lowest BCUT2D eigenvalue weighted by Crippen LogP contribution is -2.24. The predicted molar refractivity (Wildman–Crippen MR) is 67.0 cm³/mol. The molecule has 0 saturated carbocycles. The molecule has 17 heavy (non-hydrogen) atoms. The smallest absolute Gasteiger partial charge is 0.170 e. The Bertz CT molecular complexity index is 390. The van der Waals surface area contributed by atoms with Crippen LogP contribution in [0.3, 0.4) is 0 Å². The predicted octanol–water partition coefficient (Wildman–Crippen LogP) is 1.74. The van der Waals surface area contributed by atoms with E-state index in [9.17, 15) is 4.79 Å². The second kappa shape index (κ2) is 6.25. The monoisotopic (exact) mass is 237 g/mol. The Hall–Kier alpha value is -1.55. The van der Waals surface area contributed by atoms with E-state index >= 15 is 0 Å². The van der Waals surface area contributed by atoms with Crippen molar-refractivity contribution in [2.75, 3.05) is 27.8 Å². The van der Waals surface area contributed by atoms with Gasteiger partial charge in [0, 0.05) is 18.5 Å². The van der Waals surface area contributed by atoms with E-state index in [2.05, 4.69) is 5.32 Å². The molecule has 4 nitrogen and oxygen atoms in total. The summed E-state index contributed by atoms with van der Waals surface area (Å²) in [6.45, 7) is 2.54. The van der Waals surface area contributed by atoms with E-state index in [4.69, 9.17) is 9.47 Å². The molecule has 0 aliphatic rings. The number of rotatable bonds is 6. The lowest BCUT2D eigenvalue weighted by Gasteiger charge is -2.13. The molecule has 0 bridgehead atoms. The zero-order chi connectivity index (χ0) is 12.8. The zero-order valence-electron chi connectivity index (χ0n) is 10.7. The van der Waals surface area contributed by atoms with E-state index in [1.165, 1.54) is 0 Å². The molecular weight excluding hydrogens is 218 g/mol. The quantitative estimate of drug-likeness (QED) is 0.766. The number of ether oxygens (including phenoxy) is 2. The molecular formula is C13H19NO3. The standard InChI is InChI=1S/C13H19NO3/c1-9(8-14-2)13(15)11-6-5-10(16-3)7-12(11)17-4/h5-7,9,14H,8H2,1-4H3. The molecule has 1 aromatic carbocycles. The zero-order valence-corrected chi connectivity index (χ0v) is 10.7. The molecule has 1 atom stereocenters. The topological polar surface area (TPSA) is 47.6 Å². The Morgan fingerprint density at radius 1 is 1.35 bits per heavy atom. The van der Waals surface area contributed by atoms with Crippen molar-refractivity contribution in [2.24, 2.45) is 5.92 Å². The maximum atomic E-state index is 12.2. The van der Waals surface area contributed by atoms with Gasteiger partial charge in [-0.1, -0.05) is 6.92 Å². The van der Waals surface area contributed by atoms with E-state index in [0.717, 1.165) is 0 Å². The Morgan fingerprint density at radius 2 is 2.06 bits per heavy atom. The molecule has 0 fully saturated rings. The van der Waals surface area contributed by atoms with Gasteiger partial charge in [-0.25, -0.2) is 0 Å². The second-order valence-corrected chi connectivity index (χ2v) is 3.89. The lowest BCUT2D eigenvalue weighted by atomic mass is 9.98. The fraction of sp³-hybridized carbons (Fsp3) is 0.462. The summed E-state index contributed by atoms with van der Waals surface area (Å²) in [6, 6.07) is 5.23. The van der Waals surface area contributed by atoms with E-state index in [1.54, 1.807) is 32.4 Å². The number of hydrogen-bond donors (Lipinski definition) is 1. The summed E-state index contributed by atoms with van der Waals surface area (Å²) in [4.78, 5) is 12.2. The summed E-state index contributed by atoms with van der Waals surface area (Å²) in [5, 5.41) is 2.99. The van der Waals surface area contributed by atoms with Crippen LogP contribution in [0.25, 0.3) is 0 Å². The Kier molecular flexibility index (Phi) is 4.97. The first-order chi connectivity index (χ1) is 8.13. The molecule has 0 aliphatic carbocycles. The van der Waals surface area contributed by atoms with Crippen molar-refractivity contribution in [1.82, 2.24) is 5.32 Å². The van der Waals surface area contributed by atoms with E-state index in [-0.39, 0.29) is 11.7 Å². The molecule has 4 heteroatoms. The maximum absolute atomic E-state index is 12.2. The van der Waals surface area contributed by atoms with Gasteiger partial charge >= 0.3 is 0 Å². The summed E-state index contributed by atoms with van der Waals surface area (Å²) >= 11 is 0. The van der Waals surface area contributed by atoms with Crippen LogP contribution < -0.4 is 14.8 Å². The number of hydrogen-bond acceptors (Lipinski definition) is 4. The summed E-state index contributed by atoms with van der Waals surface area (Å²) in [5.74, 6) is 1.22. The van der Waals surface area contributed by atoms with Gasteiger partial charge in [-0.3, -0.25) is 4.79 Å². The van der Waals surface area contributed by atoms with Crippen molar-refractivity contribution in [1.29, 1.82) is 0 Å². The minimum Gasteiger partial charge on any atom is -0.497 e. The van der Waals surface area contributed by atoms with Crippen LogP contribution in [-0.2, 0) is 0 Å². The maximum Gasteiger partial charge on any atom is 0.170 e. The van der Waals surface area contributed by atoms with Crippen molar-refractivity contribution in [2.45, 2.75) is 6.92 Å². The largest absolute Gasteiger partial charge is 0.497 e. The summed E-state index contributed by atoms with van der Waals surface area (Å²) in [7, 11) is 4.96. The van der Waals surface area contributed by atoms with Gasteiger partial charge in [-0.15, -0.1) is 0 Å². The van der Waals surface area contributed by atoms with Gasteiger partial charge in [0.1, 0.15) is 11.5 Å². The minimum absolute atomic E-state index is 0.0684. The molecule has 0 amide bonds. The first-order valence-electron chi connectivity index (χ1n) is 5.54. The molecule has 94 valence electrons. The number of benzene rings is 1. The average Bonchev–Trinajstić information content (AvgIpc) is 2.37. The third kappa shape index (κ3) is 3.20. The highest BCUT2D eigenvalue weighted by atomic mass is 16.5. The van der Waals surface area contributed by atoms with Crippen molar-refractivity contribution in [3.05, 3.63) is 23.8 Å². The van der Waals surface area contributed by atoms with Crippen LogP contribution in [-0.4, -0.2) is 33.6 Å². The third-order valence-corrected chi connectivity index (χ3v) is 2.63. The number of carbonyl (C=O) groups excluding carboxylic acids is 1. The van der Waals surface area contributed by atoms with Crippen LogP contribution in [0.5, 0.6) is 11.5 Å². The molecule has 1 N–H and O–H groups in total. The van der Waals surface area contributed by atoms with Gasteiger partial charge in [0.15, 0.2) is 5.78 Å². The Labute approximate surface area is 102 Å². The number of nitrogens with one attached hydrogen (secondary N) is 1. The van der Waals surface area contributed by atoms with Crippen LogP contribution in [0.4, 0.5) is 0 Å². The highest BCUT2D eigenvalue weighted by Crippen LogP contribution is 2.26. The van der Waals surface area contributed by atoms with Crippen molar-refractivity contribution < 1.29 is 14.3 Å². The van der Waals surface area contributed by atoms with Gasteiger partial charge < -0.3 is 14.8 Å². The average molecular weight is 237 g/mol. The van der Waals surface area contributed by atoms with E-state index < -0.39 is 0 Å². The fourth-order valence-corrected chi connectivity index (χ4v) is 1.67. The summed E-state index contributed by atoms with van der Waals surface area (Å²) in [5.41, 5.74) is 0.594. The second-order valence-electron chi connectivity index (χ2n) is 3.89. The SMILES string of the molecule is CNCC(C)C(=O)c1ccc(OC)cc1OC. The number of methoxy groups -OCH3 is 2. The molecule has 0 spiro atoms. The highest BCUT2D eigenvalue weighted by Gasteiger charge is 2.18. The van der Waals surface area contributed by atoms with Crippen molar-refractivity contribution in [3.63, 3.8) is 0 Å². The third-order valence-electron chi connectivity index (χ3n) is 2.63. The van der Waals surface area contributed by atoms with E-state index in [0.29, 0.717) is 23.6 Å². The van der Waals surface area contributed by atoms with Gasteiger partial charge in [-0.05, 0) is 19.2 Å². The molecule has 0 heterocycles. The molecule has 0 aromatic heterocycles. The van der Waals surface area contributed by atoms with Crippen LogP contribution in [0.15, 0.2) is 18.2 Å². The summed E-state index contributed by atoms with van der Waals surface area (Å²) in [6.07, 6.45) is 0. The van der Waals surface area contributed by atoms with Crippen LogP contribution in [0.1, 0.15) is 17.3 Å². The fourth-order valence-electron chi connectivity index (χ4n) is 1.67. The van der Waals surface area contributed by atoms with E-state index in [1.807, 2.05) is 14.0 Å². The van der Waals surface area contributed by atoms with Crippen molar-refractivity contribution in [3.8, 4) is 11.5 Å². The lowest BCUT2D eigenvalue weighted by molar-refractivity contribution is 0.0927. The van der Waals surface area contributed by atoms with Crippen molar-refractivity contribution >= 4 is 5.78 Å². The summed E-state index contributed by atoms with van der Waals surface area (Å²) < 4.78 is 10.3. The Morgan fingerprint density at radius 3 is 2.59 bits per heavy atom. The minimum atomic E-state index is -0.0812. The molecule has 1 unspecified atom stereocenters. The van der Waals surface area contributed by atoms with Crippen LogP contribution >= 0.6 is 0 Å². The highest BCUT2D eigenvalue weighted by molar-refractivity contribution is 6.00. The Balaban J connectivity index is 3.00.